The number of pyridine rings is 1. The first kappa shape index (κ1) is 13.6. The zero-order valence-electron chi connectivity index (χ0n) is 10.5. The smallest absolute Gasteiger partial charge is 0.304 e. The molecule has 1 unspecified atom stereocenters. The molecule has 0 aliphatic rings. The van der Waals surface area contributed by atoms with Crippen molar-refractivity contribution >= 4 is 5.97 Å². The van der Waals surface area contributed by atoms with Crippen molar-refractivity contribution in [3.8, 4) is 0 Å². The number of nitrogens with zero attached hydrogens (tertiary/aromatic N) is 2. The molecule has 1 rings (SSSR count). The molecule has 4 nitrogen and oxygen atoms in total. The van der Waals surface area contributed by atoms with Crippen LogP contribution in [0.25, 0.3) is 0 Å². The van der Waals surface area contributed by atoms with E-state index < -0.39 is 5.97 Å². The van der Waals surface area contributed by atoms with Gasteiger partial charge in [0.25, 0.3) is 0 Å². The molecule has 0 saturated heterocycles. The van der Waals surface area contributed by atoms with Gasteiger partial charge in [-0.2, -0.15) is 0 Å². The highest BCUT2D eigenvalue weighted by Gasteiger charge is 2.18. The van der Waals surface area contributed by atoms with E-state index in [1.54, 1.807) is 6.20 Å². The molecule has 0 aliphatic carbocycles. The summed E-state index contributed by atoms with van der Waals surface area (Å²) in [5.41, 5.74) is 0.984. The second-order valence-electron chi connectivity index (χ2n) is 4.04. The van der Waals surface area contributed by atoms with Crippen molar-refractivity contribution in [1.29, 1.82) is 0 Å². The van der Waals surface area contributed by atoms with Crippen LogP contribution in [0.5, 0.6) is 0 Å². The third kappa shape index (κ3) is 4.53. The summed E-state index contributed by atoms with van der Waals surface area (Å²) in [4.78, 5) is 17.2. The fourth-order valence-corrected chi connectivity index (χ4v) is 1.93. The minimum atomic E-state index is -0.740. The highest BCUT2D eigenvalue weighted by Crippen LogP contribution is 2.12. The van der Waals surface area contributed by atoms with Gasteiger partial charge in [0, 0.05) is 18.8 Å². The van der Waals surface area contributed by atoms with Crippen LogP contribution in [0, 0.1) is 0 Å². The van der Waals surface area contributed by atoms with Gasteiger partial charge < -0.3 is 5.11 Å². The quantitative estimate of drug-likeness (QED) is 0.788. The molecule has 1 aromatic heterocycles. The molecule has 17 heavy (non-hydrogen) atoms. The van der Waals surface area contributed by atoms with Crippen LogP contribution in [0.15, 0.2) is 24.4 Å². The molecular weight excluding hydrogens is 216 g/mol. The highest BCUT2D eigenvalue weighted by atomic mass is 16.4. The third-order valence-corrected chi connectivity index (χ3v) is 2.90. The van der Waals surface area contributed by atoms with Crippen LogP contribution in [0.1, 0.15) is 32.4 Å². The van der Waals surface area contributed by atoms with Crippen LogP contribution in [-0.4, -0.2) is 33.5 Å². The molecule has 0 aliphatic heterocycles. The largest absolute Gasteiger partial charge is 0.481 e. The Hall–Kier alpha value is -1.42. The number of rotatable bonds is 7. The summed E-state index contributed by atoms with van der Waals surface area (Å²) in [7, 11) is 0. The van der Waals surface area contributed by atoms with Crippen molar-refractivity contribution in [1.82, 2.24) is 9.88 Å². The molecule has 0 aromatic carbocycles. The van der Waals surface area contributed by atoms with E-state index in [0.29, 0.717) is 6.54 Å². The lowest BCUT2D eigenvalue weighted by Gasteiger charge is -2.28. The number of carboxylic acid groups (broad SMARTS) is 1. The minimum Gasteiger partial charge on any atom is -0.481 e. The minimum absolute atomic E-state index is 0.0829. The average molecular weight is 236 g/mol. The van der Waals surface area contributed by atoms with Crippen molar-refractivity contribution in [2.45, 2.75) is 39.3 Å². The molecule has 94 valence electrons. The maximum atomic E-state index is 10.8. The lowest BCUT2D eigenvalue weighted by molar-refractivity contribution is -0.138. The van der Waals surface area contributed by atoms with Crippen LogP contribution >= 0.6 is 0 Å². The van der Waals surface area contributed by atoms with Gasteiger partial charge in [0.15, 0.2) is 0 Å². The number of aliphatic carboxylic acids is 1. The molecule has 0 amide bonds. The zero-order valence-corrected chi connectivity index (χ0v) is 10.5. The summed E-state index contributed by atoms with van der Waals surface area (Å²) in [5.74, 6) is -0.740. The maximum Gasteiger partial charge on any atom is 0.304 e. The Bertz CT molecular complexity index is 341. The summed E-state index contributed by atoms with van der Waals surface area (Å²) in [5, 5.41) is 8.88. The predicted molar refractivity (Wildman–Crippen MR) is 66.7 cm³/mol. The molecule has 0 bridgehead atoms. The van der Waals surface area contributed by atoms with E-state index in [1.165, 1.54) is 0 Å². The molecule has 0 spiro atoms. The van der Waals surface area contributed by atoms with E-state index in [-0.39, 0.29) is 12.5 Å². The van der Waals surface area contributed by atoms with Crippen LogP contribution < -0.4 is 0 Å². The van der Waals surface area contributed by atoms with E-state index in [1.807, 2.05) is 32.0 Å². The van der Waals surface area contributed by atoms with E-state index in [0.717, 1.165) is 18.7 Å². The second kappa shape index (κ2) is 7.01. The van der Waals surface area contributed by atoms with Crippen molar-refractivity contribution in [3.63, 3.8) is 0 Å². The molecule has 0 saturated carbocycles. The first-order valence-electron chi connectivity index (χ1n) is 6.03. The van der Waals surface area contributed by atoms with Gasteiger partial charge in [0.2, 0.25) is 0 Å². The van der Waals surface area contributed by atoms with Crippen molar-refractivity contribution < 1.29 is 9.90 Å². The summed E-state index contributed by atoms with van der Waals surface area (Å²) in [6, 6.07) is 5.89. The fourth-order valence-electron chi connectivity index (χ4n) is 1.93. The van der Waals surface area contributed by atoms with Gasteiger partial charge in [-0.15, -0.1) is 0 Å². The lowest BCUT2D eigenvalue weighted by Crippen LogP contribution is -2.36. The molecule has 1 aromatic rings. The van der Waals surface area contributed by atoms with Gasteiger partial charge in [0.05, 0.1) is 12.1 Å². The molecule has 0 fully saturated rings. The summed E-state index contributed by atoms with van der Waals surface area (Å²) < 4.78 is 0. The summed E-state index contributed by atoms with van der Waals surface area (Å²) in [6.07, 6.45) is 2.80. The Morgan fingerprint density at radius 3 is 2.71 bits per heavy atom. The molecule has 1 N–H and O–H groups in total. The van der Waals surface area contributed by atoms with Crippen LogP contribution in [0.3, 0.4) is 0 Å². The van der Waals surface area contributed by atoms with Gasteiger partial charge in [-0.25, -0.2) is 0 Å². The lowest BCUT2D eigenvalue weighted by atomic mass is 10.1. The van der Waals surface area contributed by atoms with Crippen LogP contribution in [0.2, 0.25) is 0 Å². The van der Waals surface area contributed by atoms with Crippen molar-refractivity contribution in [3.05, 3.63) is 30.1 Å². The Labute approximate surface area is 102 Å². The molecule has 1 atom stereocenters. The highest BCUT2D eigenvalue weighted by molar-refractivity contribution is 5.67. The zero-order chi connectivity index (χ0) is 12.7. The number of hydrogen-bond acceptors (Lipinski definition) is 3. The number of hydrogen-bond donors (Lipinski definition) is 1. The van der Waals surface area contributed by atoms with Crippen molar-refractivity contribution in [2.75, 3.05) is 6.54 Å². The van der Waals surface area contributed by atoms with E-state index in [9.17, 15) is 4.79 Å². The normalized spacial score (nSPS) is 12.6. The van der Waals surface area contributed by atoms with E-state index >= 15 is 0 Å². The maximum absolute atomic E-state index is 10.8. The van der Waals surface area contributed by atoms with Gasteiger partial charge in [-0.1, -0.05) is 19.9 Å². The number of carboxylic acids is 1. The standard InChI is InChI=1S/C13H20N2O2/c1-3-12(9-13(16)17)15(4-2)10-11-7-5-6-8-14-11/h5-8,12H,3-4,9-10H2,1-2H3,(H,16,17). The monoisotopic (exact) mass is 236 g/mol. The SMILES string of the molecule is CCC(CC(=O)O)N(CC)Cc1ccccn1. The Morgan fingerprint density at radius 2 is 2.24 bits per heavy atom. The Kier molecular flexibility index (Phi) is 5.63. The van der Waals surface area contributed by atoms with Gasteiger partial charge in [0.1, 0.15) is 0 Å². The van der Waals surface area contributed by atoms with Crippen LogP contribution in [-0.2, 0) is 11.3 Å². The predicted octanol–water partition coefficient (Wildman–Crippen LogP) is 2.16. The summed E-state index contributed by atoms with van der Waals surface area (Å²) >= 11 is 0. The van der Waals surface area contributed by atoms with Gasteiger partial charge in [-0.05, 0) is 25.1 Å². The summed E-state index contributed by atoms with van der Waals surface area (Å²) in [6.45, 7) is 5.62. The van der Waals surface area contributed by atoms with Crippen molar-refractivity contribution in [2.24, 2.45) is 0 Å². The number of aromatic nitrogens is 1. The first-order valence-corrected chi connectivity index (χ1v) is 6.03. The third-order valence-electron chi connectivity index (χ3n) is 2.90. The molecule has 1 heterocycles. The topological polar surface area (TPSA) is 53.4 Å². The van der Waals surface area contributed by atoms with E-state index in [2.05, 4.69) is 9.88 Å². The number of carbonyl (C=O) groups is 1. The molecule has 0 radical (unpaired) electrons. The van der Waals surface area contributed by atoms with E-state index in [4.69, 9.17) is 5.11 Å². The first-order chi connectivity index (χ1) is 8.17. The molecule has 4 heteroatoms. The second-order valence-corrected chi connectivity index (χ2v) is 4.04. The van der Waals surface area contributed by atoms with Crippen LogP contribution in [0.4, 0.5) is 0 Å². The Morgan fingerprint density at radius 1 is 1.47 bits per heavy atom. The molecular formula is C13H20N2O2. The Balaban J connectivity index is 2.66. The fraction of sp³-hybridized carbons (Fsp3) is 0.538. The van der Waals surface area contributed by atoms with Gasteiger partial charge >= 0.3 is 5.97 Å². The average Bonchev–Trinajstić information content (AvgIpc) is 2.34. The van der Waals surface area contributed by atoms with Gasteiger partial charge in [-0.3, -0.25) is 14.7 Å².